The van der Waals surface area contributed by atoms with E-state index in [1.807, 2.05) is 42.7 Å². The summed E-state index contributed by atoms with van der Waals surface area (Å²) in [4.78, 5) is 21.8. The molecule has 1 fully saturated rings. The predicted octanol–water partition coefficient (Wildman–Crippen LogP) is 2.92. The molecule has 2 aliphatic heterocycles. The molecule has 24 heavy (non-hydrogen) atoms. The van der Waals surface area contributed by atoms with Gasteiger partial charge in [-0.15, -0.1) is 0 Å². The highest BCUT2D eigenvalue weighted by molar-refractivity contribution is 5.97. The Morgan fingerprint density at radius 3 is 2.54 bits per heavy atom. The predicted molar refractivity (Wildman–Crippen MR) is 93.8 cm³/mol. The van der Waals surface area contributed by atoms with Gasteiger partial charge in [0.2, 0.25) is 0 Å². The van der Waals surface area contributed by atoms with Crippen molar-refractivity contribution in [2.75, 3.05) is 26.2 Å². The molecule has 0 aliphatic carbocycles. The van der Waals surface area contributed by atoms with Gasteiger partial charge in [0.05, 0.1) is 6.04 Å². The molecule has 1 aromatic carbocycles. The fraction of sp³-hybridized carbons (Fsp3) is 0.400. The average molecular weight is 321 g/mol. The van der Waals surface area contributed by atoms with Crippen LogP contribution in [0.25, 0.3) is 0 Å². The summed E-state index contributed by atoms with van der Waals surface area (Å²) < 4.78 is 0. The van der Waals surface area contributed by atoms with E-state index in [2.05, 4.69) is 20.9 Å². The van der Waals surface area contributed by atoms with E-state index in [0.717, 1.165) is 30.6 Å². The van der Waals surface area contributed by atoms with Crippen LogP contribution in [0.2, 0.25) is 0 Å². The van der Waals surface area contributed by atoms with Gasteiger partial charge < -0.3 is 9.80 Å². The van der Waals surface area contributed by atoms with Gasteiger partial charge in [-0.05, 0) is 61.7 Å². The first-order valence-electron chi connectivity index (χ1n) is 8.84. The molecule has 1 unspecified atom stereocenters. The van der Waals surface area contributed by atoms with Gasteiger partial charge in [0.1, 0.15) is 0 Å². The number of carbonyl (C=O) groups excluding carboxylic acids is 1. The van der Waals surface area contributed by atoms with Crippen molar-refractivity contribution >= 4 is 5.91 Å². The highest BCUT2D eigenvalue weighted by Gasteiger charge is 2.33. The Bertz CT molecular complexity index is 710. The maximum absolute atomic E-state index is 13.1. The molecule has 2 aromatic rings. The lowest BCUT2D eigenvalue weighted by Crippen LogP contribution is -2.44. The lowest BCUT2D eigenvalue weighted by atomic mass is 9.90. The zero-order valence-corrected chi connectivity index (χ0v) is 13.9. The molecule has 0 N–H and O–H groups in total. The van der Waals surface area contributed by atoms with Crippen LogP contribution >= 0.6 is 0 Å². The molecule has 1 saturated heterocycles. The second-order valence-corrected chi connectivity index (χ2v) is 6.70. The van der Waals surface area contributed by atoms with Crippen molar-refractivity contribution in [1.29, 1.82) is 0 Å². The number of hydrogen-bond acceptors (Lipinski definition) is 3. The molecule has 0 saturated carbocycles. The van der Waals surface area contributed by atoms with Crippen LogP contribution in [0.4, 0.5) is 0 Å². The fourth-order valence-corrected chi connectivity index (χ4v) is 3.92. The molecular formula is C20H23N3O. The molecule has 1 aromatic heterocycles. The first-order valence-corrected chi connectivity index (χ1v) is 8.84. The number of likely N-dealkylation sites (tertiary alicyclic amines) is 1. The van der Waals surface area contributed by atoms with Crippen molar-refractivity contribution < 1.29 is 4.79 Å². The minimum Gasteiger partial charge on any atom is -0.330 e. The monoisotopic (exact) mass is 321 g/mol. The Morgan fingerprint density at radius 2 is 1.75 bits per heavy atom. The Morgan fingerprint density at radius 1 is 1.00 bits per heavy atom. The Balaban J connectivity index is 1.62. The minimum atomic E-state index is 0.109. The van der Waals surface area contributed by atoms with E-state index in [1.54, 1.807) is 0 Å². The van der Waals surface area contributed by atoms with Crippen molar-refractivity contribution in [3.05, 3.63) is 65.5 Å². The highest BCUT2D eigenvalue weighted by atomic mass is 16.2. The molecule has 0 bridgehead atoms. The Kier molecular flexibility index (Phi) is 4.30. The van der Waals surface area contributed by atoms with E-state index >= 15 is 0 Å². The van der Waals surface area contributed by atoms with Gasteiger partial charge in [-0.25, -0.2) is 0 Å². The number of benzene rings is 1. The molecule has 3 heterocycles. The number of hydrogen-bond donors (Lipinski definition) is 0. The summed E-state index contributed by atoms with van der Waals surface area (Å²) in [6, 6.07) is 12.2. The van der Waals surface area contributed by atoms with Crippen LogP contribution in [0.5, 0.6) is 0 Å². The van der Waals surface area contributed by atoms with Gasteiger partial charge in [-0.2, -0.15) is 0 Å². The first-order chi connectivity index (χ1) is 11.8. The quantitative estimate of drug-likeness (QED) is 0.869. The van der Waals surface area contributed by atoms with Crippen LogP contribution in [0, 0.1) is 0 Å². The fourth-order valence-electron chi connectivity index (χ4n) is 3.92. The number of fused-ring (bicyclic) bond motifs is 1. The lowest BCUT2D eigenvalue weighted by Gasteiger charge is -2.38. The summed E-state index contributed by atoms with van der Waals surface area (Å²) in [5.74, 6) is 0.165. The van der Waals surface area contributed by atoms with Crippen molar-refractivity contribution in [1.82, 2.24) is 14.8 Å². The zero-order valence-electron chi connectivity index (χ0n) is 13.9. The summed E-state index contributed by atoms with van der Waals surface area (Å²) in [5, 5.41) is 0. The molecule has 4 nitrogen and oxygen atoms in total. The van der Waals surface area contributed by atoms with Gasteiger partial charge in [-0.1, -0.05) is 18.2 Å². The number of pyridine rings is 1. The number of aromatic nitrogens is 1. The van der Waals surface area contributed by atoms with Crippen molar-refractivity contribution in [2.45, 2.75) is 25.3 Å². The van der Waals surface area contributed by atoms with E-state index in [9.17, 15) is 4.79 Å². The summed E-state index contributed by atoms with van der Waals surface area (Å²) in [7, 11) is 0. The molecule has 1 atom stereocenters. The normalized spacial score (nSPS) is 21.1. The van der Waals surface area contributed by atoms with Crippen LogP contribution in [0.3, 0.4) is 0 Å². The molecule has 0 radical (unpaired) electrons. The molecule has 124 valence electrons. The van der Waals surface area contributed by atoms with Crippen LogP contribution in [0.15, 0.2) is 48.8 Å². The average Bonchev–Trinajstić information content (AvgIpc) is 3.15. The number of amides is 1. The summed E-state index contributed by atoms with van der Waals surface area (Å²) in [6.45, 7) is 4.09. The van der Waals surface area contributed by atoms with Crippen molar-refractivity contribution in [3.63, 3.8) is 0 Å². The number of rotatable bonds is 4. The van der Waals surface area contributed by atoms with E-state index < -0.39 is 0 Å². The molecule has 4 rings (SSSR count). The van der Waals surface area contributed by atoms with E-state index in [1.165, 1.54) is 31.5 Å². The van der Waals surface area contributed by atoms with Gasteiger partial charge >= 0.3 is 0 Å². The molecule has 0 spiro atoms. The largest absolute Gasteiger partial charge is 0.330 e. The Hall–Kier alpha value is -2.20. The van der Waals surface area contributed by atoms with Gasteiger partial charge in [0.25, 0.3) is 5.91 Å². The number of carbonyl (C=O) groups is 1. The van der Waals surface area contributed by atoms with Crippen LogP contribution in [0.1, 0.15) is 40.4 Å². The minimum absolute atomic E-state index is 0.109. The van der Waals surface area contributed by atoms with E-state index in [-0.39, 0.29) is 11.9 Å². The van der Waals surface area contributed by atoms with Crippen molar-refractivity contribution in [2.24, 2.45) is 0 Å². The third kappa shape index (κ3) is 2.94. The first kappa shape index (κ1) is 15.3. The lowest BCUT2D eigenvalue weighted by molar-refractivity contribution is 0.0626. The summed E-state index contributed by atoms with van der Waals surface area (Å²) >= 11 is 0. The standard InChI is InChI=1S/C20H23N3O/c24-20-18-6-2-1-5-17(18)15-19(16-7-9-21-10-8-16)23(20)14-13-22-11-3-4-12-22/h1-2,5-10,19H,3-4,11-15H2. The zero-order chi connectivity index (χ0) is 16.4. The van der Waals surface area contributed by atoms with Crippen LogP contribution in [-0.2, 0) is 6.42 Å². The van der Waals surface area contributed by atoms with Crippen molar-refractivity contribution in [3.8, 4) is 0 Å². The van der Waals surface area contributed by atoms with Gasteiger partial charge in [0.15, 0.2) is 0 Å². The maximum atomic E-state index is 13.1. The van der Waals surface area contributed by atoms with Gasteiger partial charge in [0, 0.05) is 31.0 Å². The Labute approximate surface area is 143 Å². The summed E-state index contributed by atoms with van der Waals surface area (Å²) in [5.41, 5.74) is 3.19. The third-order valence-electron chi connectivity index (χ3n) is 5.24. The van der Waals surface area contributed by atoms with E-state index in [0.29, 0.717) is 0 Å². The van der Waals surface area contributed by atoms with Gasteiger partial charge in [-0.3, -0.25) is 9.78 Å². The smallest absolute Gasteiger partial charge is 0.254 e. The maximum Gasteiger partial charge on any atom is 0.254 e. The molecular weight excluding hydrogens is 298 g/mol. The highest BCUT2D eigenvalue weighted by Crippen LogP contribution is 2.32. The van der Waals surface area contributed by atoms with Crippen LogP contribution in [-0.4, -0.2) is 46.9 Å². The summed E-state index contributed by atoms with van der Waals surface area (Å²) in [6.07, 6.45) is 7.08. The third-order valence-corrected chi connectivity index (χ3v) is 5.24. The molecule has 1 amide bonds. The SMILES string of the molecule is O=C1c2ccccc2CC(c2ccncc2)N1CCN1CCCC1. The van der Waals surface area contributed by atoms with Crippen LogP contribution < -0.4 is 0 Å². The second kappa shape index (κ2) is 6.73. The second-order valence-electron chi connectivity index (χ2n) is 6.70. The van der Waals surface area contributed by atoms with E-state index in [4.69, 9.17) is 0 Å². The number of nitrogens with zero attached hydrogens (tertiary/aromatic N) is 3. The molecule has 4 heteroatoms. The molecule has 2 aliphatic rings. The topological polar surface area (TPSA) is 36.4 Å².